The summed E-state index contributed by atoms with van der Waals surface area (Å²) in [5.74, 6) is -3.96. The molecule has 14 heteroatoms. The van der Waals surface area contributed by atoms with Crippen LogP contribution >= 0.6 is 23.4 Å². The quantitative estimate of drug-likeness (QED) is 0.186. The molecule has 0 bridgehead atoms. The van der Waals surface area contributed by atoms with Gasteiger partial charge in [0.25, 0.3) is 11.3 Å². The third-order valence-electron chi connectivity index (χ3n) is 4.89. The molecule has 0 spiro atoms. The van der Waals surface area contributed by atoms with Gasteiger partial charge in [-0.1, -0.05) is 11.6 Å². The van der Waals surface area contributed by atoms with Gasteiger partial charge < -0.3 is 21.6 Å². The Bertz CT molecular complexity index is 1320. The smallest absolute Gasteiger partial charge is 0.347 e. The van der Waals surface area contributed by atoms with Crippen molar-refractivity contribution in [3.63, 3.8) is 0 Å². The van der Waals surface area contributed by atoms with Crippen LogP contribution in [0, 0.1) is 5.21 Å². The largest absolute Gasteiger partial charge is 0.618 e. The maximum atomic E-state index is 14.5. The minimum Gasteiger partial charge on any atom is -0.618 e. The van der Waals surface area contributed by atoms with Gasteiger partial charge in [-0.2, -0.15) is 13.5 Å². The lowest BCUT2D eigenvalue weighted by molar-refractivity contribution is -0.624. The molecule has 37 heavy (non-hydrogen) atoms. The van der Waals surface area contributed by atoms with Gasteiger partial charge in [0, 0.05) is 34.5 Å². The lowest BCUT2D eigenvalue weighted by atomic mass is 10.1. The molecular weight excluding hydrogens is 528 g/mol. The topological polar surface area (TPSA) is 142 Å². The Hall–Kier alpha value is -3.29. The first-order valence-corrected chi connectivity index (χ1v) is 12.4. The molecule has 0 saturated heterocycles. The Morgan fingerprint density at radius 2 is 2.03 bits per heavy atom. The van der Waals surface area contributed by atoms with Crippen molar-refractivity contribution in [1.82, 2.24) is 19.9 Å². The second-order valence-electron chi connectivity index (χ2n) is 8.79. The zero-order valence-corrected chi connectivity index (χ0v) is 21.7. The van der Waals surface area contributed by atoms with E-state index in [9.17, 15) is 23.6 Å². The number of halogens is 3. The second kappa shape index (κ2) is 11.8. The lowest BCUT2D eigenvalue weighted by Gasteiger charge is -2.18. The van der Waals surface area contributed by atoms with Gasteiger partial charge in [0.05, 0.1) is 25.0 Å². The Balaban J connectivity index is 1.67. The molecule has 0 fully saturated rings. The highest BCUT2D eigenvalue weighted by atomic mass is 35.5. The van der Waals surface area contributed by atoms with Crippen molar-refractivity contribution in [2.24, 2.45) is 5.73 Å². The van der Waals surface area contributed by atoms with E-state index in [4.69, 9.17) is 17.3 Å². The fraction of sp³-hybridized carbons (Fsp3) is 0.348. The SMILES string of the molecule is CC(C)(N)CSc1cccnc1CNC(=O)Cn1c(Cl)cnc(NCC(F)(F)c2cccc[n+]2[O-])c1=O. The van der Waals surface area contributed by atoms with Crippen molar-refractivity contribution in [3.05, 3.63) is 81.0 Å². The first kappa shape index (κ1) is 28.3. The molecule has 0 aliphatic rings. The van der Waals surface area contributed by atoms with Gasteiger partial charge in [0.2, 0.25) is 5.91 Å². The number of nitrogens with zero attached hydrogens (tertiary/aromatic N) is 4. The molecule has 198 valence electrons. The fourth-order valence-corrected chi connectivity index (χ4v) is 4.25. The van der Waals surface area contributed by atoms with Crippen LogP contribution in [0.15, 0.2) is 58.6 Å². The number of nitrogens with two attached hydrogens (primary N) is 1. The number of aromatic nitrogens is 4. The first-order valence-electron chi connectivity index (χ1n) is 11.1. The van der Waals surface area contributed by atoms with Crippen LogP contribution in [-0.4, -0.2) is 38.3 Å². The Morgan fingerprint density at radius 3 is 2.73 bits per heavy atom. The minimum absolute atomic E-state index is 0.0437. The molecule has 0 aliphatic carbocycles. The van der Waals surface area contributed by atoms with E-state index in [-0.39, 0.29) is 16.4 Å². The predicted molar refractivity (Wildman–Crippen MR) is 136 cm³/mol. The van der Waals surface area contributed by atoms with Crippen LogP contribution < -0.4 is 26.7 Å². The number of carbonyl (C=O) groups is 1. The molecule has 0 atom stereocenters. The van der Waals surface area contributed by atoms with Crippen LogP contribution in [0.25, 0.3) is 0 Å². The van der Waals surface area contributed by atoms with Crippen LogP contribution in [-0.2, 0) is 23.8 Å². The summed E-state index contributed by atoms with van der Waals surface area (Å²) in [4.78, 5) is 34.3. The maximum absolute atomic E-state index is 14.5. The normalized spacial score (nSPS) is 11.8. The fourth-order valence-electron chi connectivity index (χ4n) is 3.07. The lowest BCUT2D eigenvalue weighted by Crippen LogP contribution is -2.41. The van der Waals surface area contributed by atoms with E-state index in [1.807, 2.05) is 19.9 Å². The molecule has 0 aromatic carbocycles. The van der Waals surface area contributed by atoms with E-state index in [1.165, 1.54) is 23.9 Å². The van der Waals surface area contributed by atoms with Gasteiger partial charge in [-0.05, 0) is 32.0 Å². The van der Waals surface area contributed by atoms with Gasteiger partial charge in [0.15, 0.2) is 12.0 Å². The van der Waals surface area contributed by atoms with Crippen LogP contribution in [0.3, 0.4) is 0 Å². The average Bonchev–Trinajstić information content (AvgIpc) is 2.83. The van der Waals surface area contributed by atoms with Crippen LogP contribution in [0.4, 0.5) is 14.6 Å². The number of rotatable bonds is 11. The molecule has 4 N–H and O–H groups in total. The number of thioether (sulfide) groups is 1. The summed E-state index contributed by atoms with van der Waals surface area (Å²) in [5, 5.41) is 16.5. The molecule has 1 amide bonds. The number of amides is 1. The number of hydrogen-bond acceptors (Lipinski definition) is 8. The van der Waals surface area contributed by atoms with E-state index in [1.54, 1.807) is 12.3 Å². The third kappa shape index (κ3) is 7.84. The number of anilines is 1. The summed E-state index contributed by atoms with van der Waals surface area (Å²) in [5.41, 5.74) is 4.60. The highest BCUT2D eigenvalue weighted by molar-refractivity contribution is 7.99. The molecule has 3 rings (SSSR count). The van der Waals surface area contributed by atoms with Crippen molar-refractivity contribution in [3.8, 4) is 0 Å². The van der Waals surface area contributed by atoms with Crippen molar-refractivity contribution >= 4 is 35.1 Å². The number of hydrogen-bond donors (Lipinski definition) is 3. The van der Waals surface area contributed by atoms with Crippen LogP contribution in [0.1, 0.15) is 25.2 Å². The van der Waals surface area contributed by atoms with Gasteiger partial charge in [-0.3, -0.25) is 19.1 Å². The maximum Gasteiger partial charge on any atom is 0.347 e. The minimum atomic E-state index is -3.60. The number of carbonyl (C=O) groups excluding carboxylic acids is 1. The molecule has 3 heterocycles. The summed E-state index contributed by atoms with van der Waals surface area (Å²) in [6, 6.07) is 7.25. The molecule has 10 nitrogen and oxygen atoms in total. The second-order valence-corrected chi connectivity index (χ2v) is 10.2. The summed E-state index contributed by atoms with van der Waals surface area (Å²) in [6.07, 6.45) is 3.61. The van der Waals surface area contributed by atoms with Crippen molar-refractivity contribution < 1.29 is 18.3 Å². The Kier molecular flexibility index (Phi) is 9.05. The molecule has 0 saturated carbocycles. The Labute approximate surface area is 220 Å². The third-order valence-corrected chi connectivity index (χ3v) is 6.76. The van der Waals surface area contributed by atoms with Gasteiger partial charge in [-0.15, -0.1) is 11.8 Å². The van der Waals surface area contributed by atoms with E-state index < -0.39 is 47.5 Å². The molecule has 0 aliphatic heterocycles. The van der Waals surface area contributed by atoms with Crippen molar-refractivity contribution in [2.75, 3.05) is 17.6 Å². The summed E-state index contributed by atoms with van der Waals surface area (Å²) in [7, 11) is 0. The first-order chi connectivity index (χ1) is 17.4. The summed E-state index contributed by atoms with van der Waals surface area (Å²) >= 11 is 7.56. The van der Waals surface area contributed by atoms with Gasteiger partial charge in [-0.25, -0.2) is 4.98 Å². The number of pyridine rings is 2. The zero-order chi connectivity index (χ0) is 27.2. The number of alkyl halides is 2. The standard InChI is InChI=1S/C23H26ClF2N7O3S/c1-22(2,27)14-37-16-6-5-8-28-15(16)10-29-19(34)12-32-18(24)11-30-20(21(32)35)31-13-23(25,26)17-7-3-4-9-33(17)36/h3-9,11H,10,12-14,27H2,1-2H3,(H,29,34)(H,30,31). The molecular formula is C23H26ClF2N7O3S. The number of nitrogens with one attached hydrogen (secondary N) is 2. The summed E-state index contributed by atoms with van der Waals surface area (Å²) < 4.78 is 30.0. The van der Waals surface area contributed by atoms with E-state index in [2.05, 4.69) is 20.6 Å². The monoisotopic (exact) mass is 553 g/mol. The molecule has 0 unspecified atom stereocenters. The molecule has 3 aromatic heterocycles. The predicted octanol–water partition coefficient (Wildman–Crippen LogP) is 2.27. The van der Waals surface area contributed by atoms with Crippen molar-refractivity contribution in [2.45, 2.75) is 43.3 Å². The van der Waals surface area contributed by atoms with Crippen LogP contribution in [0.2, 0.25) is 5.15 Å². The highest BCUT2D eigenvalue weighted by Gasteiger charge is 2.39. The molecule has 0 radical (unpaired) electrons. The highest BCUT2D eigenvalue weighted by Crippen LogP contribution is 2.25. The van der Waals surface area contributed by atoms with Crippen LogP contribution in [0.5, 0.6) is 0 Å². The van der Waals surface area contributed by atoms with Gasteiger partial charge >= 0.3 is 5.92 Å². The zero-order valence-electron chi connectivity index (χ0n) is 20.1. The summed E-state index contributed by atoms with van der Waals surface area (Å²) in [6.45, 7) is 2.35. The van der Waals surface area contributed by atoms with Crippen molar-refractivity contribution in [1.29, 1.82) is 0 Å². The van der Waals surface area contributed by atoms with E-state index >= 15 is 0 Å². The van der Waals surface area contributed by atoms with Gasteiger partial charge in [0.1, 0.15) is 11.7 Å². The van der Waals surface area contributed by atoms with E-state index in [0.717, 1.165) is 27.9 Å². The Morgan fingerprint density at radius 1 is 1.27 bits per heavy atom. The average molecular weight is 554 g/mol. The van der Waals surface area contributed by atoms with E-state index in [0.29, 0.717) is 11.4 Å². The molecule has 3 aromatic rings.